The zero-order valence-corrected chi connectivity index (χ0v) is 15.5. The number of rotatable bonds is 4. The number of benzene rings is 1. The lowest BCUT2D eigenvalue weighted by Gasteiger charge is -2.47. The van der Waals surface area contributed by atoms with Gasteiger partial charge in [0.15, 0.2) is 0 Å². The summed E-state index contributed by atoms with van der Waals surface area (Å²) in [5.41, 5.74) is 5.93. The van der Waals surface area contributed by atoms with E-state index < -0.39 is 0 Å². The van der Waals surface area contributed by atoms with E-state index in [0.29, 0.717) is 0 Å². The van der Waals surface area contributed by atoms with Gasteiger partial charge in [-0.2, -0.15) is 0 Å². The van der Waals surface area contributed by atoms with Crippen molar-refractivity contribution in [2.75, 3.05) is 12.0 Å². The number of esters is 1. The van der Waals surface area contributed by atoms with Gasteiger partial charge in [0.1, 0.15) is 6.04 Å². The van der Waals surface area contributed by atoms with Crippen LogP contribution in [0.1, 0.15) is 57.2 Å². The third-order valence-corrected chi connectivity index (χ3v) is 4.83. The monoisotopic (exact) mass is 315 g/mol. The quantitative estimate of drug-likeness (QED) is 0.758. The smallest absolute Gasteiger partial charge is 0.328 e. The number of allylic oxidation sites excluding steroid dienone is 1. The van der Waals surface area contributed by atoms with Crippen LogP contribution >= 0.6 is 0 Å². The van der Waals surface area contributed by atoms with Gasteiger partial charge >= 0.3 is 5.97 Å². The van der Waals surface area contributed by atoms with Crippen molar-refractivity contribution >= 4 is 17.2 Å². The van der Waals surface area contributed by atoms with Crippen LogP contribution in [0.25, 0.3) is 5.57 Å². The lowest BCUT2D eigenvalue weighted by atomic mass is 9.85. The topological polar surface area (TPSA) is 29.5 Å². The van der Waals surface area contributed by atoms with E-state index in [1.165, 1.54) is 29.4 Å². The maximum Gasteiger partial charge on any atom is 0.328 e. The van der Waals surface area contributed by atoms with Crippen LogP contribution in [0, 0.1) is 13.8 Å². The van der Waals surface area contributed by atoms with Crippen LogP contribution < -0.4 is 4.90 Å². The first-order valence-corrected chi connectivity index (χ1v) is 8.41. The molecule has 1 aromatic rings. The van der Waals surface area contributed by atoms with Crippen molar-refractivity contribution in [1.82, 2.24) is 0 Å². The highest BCUT2D eigenvalue weighted by Gasteiger charge is 2.39. The Labute approximate surface area is 140 Å². The van der Waals surface area contributed by atoms with Gasteiger partial charge in [-0.15, -0.1) is 0 Å². The van der Waals surface area contributed by atoms with Gasteiger partial charge in [-0.05, 0) is 69.9 Å². The van der Waals surface area contributed by atoms with Crippen LogP contribution in [0.15, 0.2) is 18.2 Å². The summed E-state index contributed by atoms with van der Waals surface area (Å²) in [7, 11) is 1.48. The zero-order chi connectivity index (χ0) is 17.4. The Balaban J connectivity index is 2.66. The standard InChI is InChI=1S/C20H29NO2/c1-8-9-17(19(22)23-7)21-18-11-14(3)13(2)10-16(18)15(4)12-20(21,5)6/h10-12,17H,8-9H2,1-7H3/t17-/m0/s1. The Morgan fingerprint density at radius 1 is 1.22 bits per heavy atom. The van der Waals surface area contributed by atoms with Gasteiger partial charge in [0.05, 0.1) is 12.6 Å². The van der Waals surface area contributed by atoms with E-state index in [2.05, 4.69) is 64.7 Å². The molecular formula is C20H29NO2. The Kier molecular flexibility index (Phi) is 4.88. The van der Waals surface area contributed by atoms with E-state index in [1.54, 1.807) is 0 Å². The Bertz CT molecular complexity index is 643. The molecule has 23 heavy (non-hydrogen) atoms. The second kappa shape index (κ2) is 6.38. The van der Waals surface area contributed by atoms with Crippen molar-refractivity contribution in [1.29, 1.82) is 0 Å². The lowest BCUT2D eigenvalue weighted by Crippen LogP contribution is -2.54. The molecule has 0 bridgehead atoms. The number of hydrogen-bond donors (Lipinski definition) is 0. The van der Waals surface area contributed by atoms with Crippen LogP contribution in [-0.2, 0) is 9.53 Å². The van der Waals surface area contributed by atoms with Gasteiger partial charge in [-0.25, -0.2) is 4.79 Å². The first-order chi connectivity index (χ1) is 10.7. The highest BCUT2D eigenvalue weighted by molar-refractivity contribution is 5.88. The fourth-order valence-corrected chi connectivity index (χ4v) is 3.64. The number of carbonyl (C=O) groups excluding carboxylic acids is 1. The molecule has 2 rings (SSSR count). The van der Waals surface area contributed by atoms with Gasteiger partial charge in [0.2, 0.25) is 0 Å². The predicted octanol–water partition coefficient (Wildman–Crippen LogP) is 4.65. The Morgan fingerprint density at radius 3 is 2.39 bits per heavy atom. The van der Waals surface area contributed by atoms with Crippen molar-refractivity contribution in [2.45, 2.75) is 66.0 Å². The summed E-state index contributed by atoms with van der Waals surface area (Å²) in [6, 6.07) is 4.19. The van der Waals surface area contributed by atoms with Crippen LogP contribution in [0.3, 0.4) is 0 Å². The molecule has 0 spiro atoms. The van der Waals surface area contributed by atoms with Crippen molar-refractivity contribution in [3.05, 3.63) is 34.9 Å². The van der Waals surface area contributed by atoms with E-state index in [9.17, 15) is 4.79 Å². The second-order valence-corrected chi connectivity index (χ2v) is 7.13. The fraction of sp³-hybridized carbons (Fsp3) is 0.550. The number of methoxy groups -OCH3 is 1. The summed E-state index contributed by atoms with van der Waals surface area (Å²) >= 11 is 0. The average molecular weight is 315 g/mol. The first kappa shape index (κ1) is 17.6. The highest BCUT2D eigenvalue weighted by Crippen LogP contribution is 2.42. The predicted molar refractivity (Wildman–Crippen MR) is 96.8 cm³/mol. The zero-order valence-electron chi connectivity index (χ0n) is 15.5. The molecule has 0 aromatic heterocycles. The molecule has 0 radical (unpaired) electrons. The number of aryl methyl sites for hydroxylation is 2. The van der Waals surface area contributed by atoms with Crippen molar-refractivity contribution < 1.29 is 9.53 Å². The molecule has 1 aliphatic rings. The van der Waals surface area contributed by atoms with E-state index in [1.807, 2.05) is 0 Å². The molecular weight excluding hydrogens is 286 g/mol. The summed E-state index contributed by atoms with van der Waals surface area (Å²) in [6.45, 7) is 12.9. The van der Waals surface area contributed by atoms with Crippen molar-refractivity contribution in [2.24, 2.45) is 0 Å². The summed E-state index contributed by atoms with van der Waals surface area (Å²) in [4.78, 5) is 14.7. The van der Waals surface area contributed by atoms with Crippen molar-refractivity contribution in [3.8, 4) is 0 Å². The largest absolute Gasteiger partial charge is 0.467 e. The molecule has 0 aliphatic carbocycles. The molecule has 126 valence electrons. The SMILES string of the molecule is CCC[C@@H](C(=O)OC)N1c2cc(C)c(C)cc2C(C)=CC1(C)C. The minimum Gasteiger partial charge on any atom is -0.467 e. The molecule has 1 heterocycles. The number of fused-ring (bicyclic) bond motifs is 1. The second-order valence-electron chi connectivity index (χ2n) is 7.13. The van der Waals surface area contributed by atoms with Gasteiger partial charge in [-0.1, -0.05) is 19.4 Å². The molecule has 1 atom stereocenters. The Hall–Kier alpha value is -1.77. The third kappa shape index (κ3) is 3.15. The summed E-state index contributed by atoms with van der Waals surface area (Å²) in [6.07, 6.45) is 3.99. The van der Waals surface area contributed by atoms with Crippen LogP contribution in [-0.4, -0.2) is 24.7 Å². The lowest BCUT2D eigenvalue weighted by molar-refractivity contribution is -0.142. The average Bonchev–Trinajstić information content (AvgIpc) is 2.47. The van der Waals surface area contributed by atoms with Crippen LogP contribution in [0.4, 0.5) is 5.69 Å². The van der Waals surface area contributed by atoms with Gasteiger partial charge < -0.3 is 9.64 Å². The number of nitrogens with zero attached hydrogens (tertiary/aromatic N) is 1. The van der Waals surface area contributed by atoms with Gasteiger partial charge in [0, 0.05) is 11.3 Å². The van der Waals surface area contributed by atoms with Gasteiger partial charge in [-0.3, -0.25) is 0 Å². The van der Waals surface area contributed by atoms with E-state index in [-0.39, 0.29) is 17.6 Å². The van der Waals surface area contributed by atoms with Crippen LogP contribution in [0.5, 0.6) is 0 Å². The maximum atomic E-state index is 12.4. The van der Waals surface area contributed by atoms with Crippen LogP contribution in [0.2, 0.25) is 0 Å². The number of ether oxygens (including phenoxy) is 1. The van der Waals surface area contributed by atoms with E-state index in [0.717, 1.165) is 18.5 Å². The molecule has 0 saturated carbocycles. The number of hydrogen-bond acceptors (Lipinski definition) is 3. The Morgan fingerprint density at radius 2 is 1.83 bits per heavy atom. The molecule has 0 fully saturated rings. The van der Waals surface area contributed by atoms with Gasteiger partial charge in [0.25, 0.3) is 0 Å². The molecule has 3 heteroatoms. The molecule has 0 amide bonds. The molecule has 0 saturated heterocycles. The summed E-state index contributed by atoms with van der Waals surface area (Å²) in [5.74, 6) is -0.156. The fourth-order valence-electron chi connectivity index (χ4n) is 3.64. The first-order valence-electron chi connectivity index (χ1n) is 8.41. The highest BCUT2D eigenvalue weighted by atomic mass is 16.5. The number of anilines is 1. The molecule has 1 aromatic carbocycles. The minimum absolute atomic E-state index is 0.156. The number of carbonyl (C=O) groups is 1. The van der Waals surface area contributed by atoms with Crippen molar-refractivity contribution in [3.63, 3.8) is 0 Å². The normalized spacial score (nSPS) is 17.3. The maximum absolute atomic E-state index is 12.4. The minimum atomic E-state index is -0.259. The molecule has 3 nitrogen and oxygen atoms in total. The summed E-state index contributed by atoms with van der Waals surface area (Å²) in [5, 5.41) is 0. The van der Waals surface area contributed by atoms with E-state index >= 15 is 0 Å². The summed E-state index contributed by atoms with van der Waals surface area (Å²) < 4.78 is 5.11. The molecule has 1 aliphatic heterocycles. The van der Waals surface area contributed by atoms with E-state index in [4.69, 9.17) is 4.74 Å². The molecule has 0 unspecified atom stereocenters. The third-order valence-electron chi connectivity index (χ3n) is 4.83. The molecule has 0 N–H and O–H groups in total.